The van der Waals surface area contributed by atoms with E-state index >= 15 is 0 Å². The highest BCUT2D eigenvalue weighted by molar-refractivity contribution is 7.89. The molecule has 3 heterocycles. The molecule has 3 rings (SSSR count). The summed E-state index contributed by atoms with van der Waals surface area (Å²) in [5.74, 6) is 0.346. The van der Waals surface area contributed by atoms with Gasteiger partial charge in [0.2, 0.25) is 15.9 Å². The number of rotatable bonds is 4. The van der Waals surface area contributed by atoms with E-state index in [2.05, 4.69) is 4.98 Å². The predicted molar refractivity (Wildman–Crippen MR) is 91.6 cm³/mol. The summed E-state index contributed by atoms with van der Waals surface area (Å²) in [6.45, 7) is 4.15. The molecular weight excluding hydrogens is 326 g/mol. The number of hydrogen-bond donors (Lipinski definition) is 0. The molecule has 7 heteroatoms. The van der Waals surface area contributed by atoms with Gasteiger partial charge in [-0.05, 0) is 43.2 Å². The Morgan fingerprint density at radius 1 is 1.25 bits per heavy atom. The van der Waals surface area contributed by atoms with E-state index in [1.807, 2.05) is 17.0 Å². The summed E-state index contributed by atoms with van der Waals surface area (Å²) < 4.78 is 25.7. The molecule has 132 valence electrons. The zero-order valence-corrected chi connectivity index (χ0v) is 15.0. The first-order valence-electron chi connectivity index (χ1n) is 8.59. The van der Waals surface area contributed by atoms with Gasteiger partial charge in [0.25, 0.3) is 0 Å². The molecule has 1 amide bonds. The van der Waals surface area contributed by atoms with E-state index in [1.54, 1.807) is 23.6 Å². The van der Waals surface area contributed by atoms with Gasteiger partial charge in [0.15, 0.2) is 0 Å². The molecule has 0 bridgehead atoms. The summed E-state index contributed by atoms with van der Waals surface area (Å²) in [5, 5.41) is 0. The number of likely N-dealkylation sites (tertiary alicyclic amines) is 1. The van der Waals surface area contributed by atoms with Crippen LogP contribution in [0.3, 0.4) is 0 Å². The fourth-order valence-corrected chi connectivity index (χ4v) is 4.89. The molecular formula is C17H25N3O3S. The number of amides is 1. The van der Waals surface area contributed by atoms with Crippen LogP contribution in [-0.4, -0.2) is 53.9 Å². The predicted octanol–water partition coefficient (Wildman–Crippen LogP) is 1.64. The Kier molecular flexibility index (Phi) is 4.92. The van der Waals surface area contributed by atoms with E-state index in [0.29, 0.717) is 26.1 Å². The molecule has 0 radical (unpaired) electrons. The third-order valence-corrected chi connectivity index (χ3v) is 7.27. The molecule has 0 saturated carbocycles. The number of aromatic nitrogens is 1. The summed E-state index contributed by atoms with van der Waals surface area (Å²) in [5.41, 5.74) is 1.10. The topological polar surface area (TPSA) is 70.6 Å². The van der Waals surface area contributed by atoms with Crippen molar-refractivity contribution in [1.82, 2.24) is 14.2 Å². The van der Waals surface area contributed by atoms with Crippen LogP contribution in [0.4, 0.5) is 0 Å². The molecule has 0 aliphatic carbocycles. The van der Waals surface area contributed by atoms with E-state index in [-0.39, 0.29) is 17.1 Å². The number of pyridine rings is 1. The lowest BCUT2D eigenvalue weighted by atomic mass is 9.72. The van der Waals surface area contributed by atoms with Crippen molar-refractivity contribution in [2.45, 2.75) is 39.2 Å². The molecule has 2 aliphatic rings. The molecule has 0 unspecified atom stereocenters. The van der Waals surface area contributed by atoms with Crippen LogP contribution in [-0.2, 0) is 21.4 Å². The monoisotopic (exact) mass is 351 g/mol. The number of nitrogens with zero attached hydrogens (tertiary/aromatic N) is 3. The van der Waals surface area contributed by atoms with Crippen molar-refractivity contribution in [1.29, 1.82) is 0 Å². The Morgan fingerprint density at radius 2 is 2.00 bits per heavy atom. The van der Waals surface area contributed by atoms with Crippen molar-refractivity contribution in [3.05, 3.63) is 30.1 Å². The van der Waals surface area contributed by atoms with Crippen molar-refractivity contribution >= 4 is 15.9 Å². The standard InChI is InChI=1S/C17H25N3O3S/c1-2-24(22,23)20-10-7-17(8-11-20)6-5-16(21)19(14-17)13-15-4-3-9-18-12-15/h3-4,9,12H,2,5-8,10-11,13-14H2,1H3. The van der Waals surface area contributed by atoms with Gasteiger partial charge in [0.05, 0.1) is 5.75 Å². The van der Waals surface area contributed by atoms with Gasteiger partial charge in [-0.2, -0.15) is 0 Å². The quantitative estimate of drug-likeness (QED) is 0.827. The Balaban J connectivity index is 1.66. The number of sulfonamides is 1. The molecule has 0 atom stereocenters. The minimum absolute atomic E-state index is 0.0654. The van der Waals surface area contributed by atoms with Crippen molar-refractivity contribution in [3.8, 4) is 0 Å². The molecule has 6 nitrogen and oxygen atoms in total. The highest BCUT2D eigenvalue weighted by Crippen LogP contribution is 2.41. The van der Waals surface area contributed by atoms with E-state index in [0.717, 1.165) is 31.4 Å². The third-order valence-electron chi connectivity index (χ3n) is 5.39. The Labute approximate surface area is 143 Å². The minimum Gasteiger partial charge on any atom is -0.338 e. The van der Waals surface area contributed by atoms with Gasteiger partial charge >= 0.3 is 0 Å². The summed E-state index contributed by atoms with van der Waals surface area (Å²) in [4.78, 5) is 18.3. The van der Waals surface area contributed by atoms with Crippen LogP contribution in [0.2, 0.25) is 0 Å². The van der Waals surface area contributed by atoms with Gasteiger partial charge in [0.1, 0.15) is 0 Å². The lowest BCUT2D eigenvalue weighted by Gasteiger charge is -2.47. The number of hydrogen-bond acceptors (Lipinski definition) is 4. The van der Waals surface area contributed by atoms with Crippen molar-refractivity contribution in [3.63, 3.8) is 0 Å². The summed E-state index contributed by atoms with van der Waals surface area (Å²) in [7, 11) is -3.10. The third kappa shape index (κ3) is 3.62. The van der Waals surface area contributed by atoms with Crippen molar-refractivity contribution in [2.24, 2.45) is 5.41 Å². The highest BCUT2D eigenvalue weighted by Gasteiger charge is 2.42. The summed E-state index contributed by atoms with van der Waals surface area (Å²) in [6.07, 6.45) is 6.63. The molecule has 1 aromatic rings. The van der Waals surface area contributed by atoms with Crippen LogP contribution in [0.25, 0.3) is 0 Å². The van der Waals surface area contributed by atoms with Gasteiger partial charge in [-0.15, -0.1) is 0 Å². The molecule has 1 aromatic heterocycles. The second-order valence-electron chi connectivity index (χ2n) is 6.91. The average molecular weight is 351 g/mol. The van der Waals surface area contributed by atoms with Gasteiger partial charge in [-0.1, -0.05) is 6.07 Å². The zero-order chi connectivity index (χ0) is 17.2. The fraction of sp³-hybridized carbons (Fsp3) is 0.647. The second-order valence-corrected chi connectivity index (χ2v) is 9.17. The Bertz CT molecular complexity index is 682. The van der Waals surface area contributed by atoms with Crippen LogP contribution in [0.5, 0.6) is 0 Å². The first-order valence-corrected chi connectivity index (χ1v) is 10.2. The summed E-state index contributed by atoms with van der Waals surface area (Å²) >= 11 is 0. The number of carbonyl (C=O) groups excluding carboxylic acids is 1. The smallest absolute Gasteiger partial charge is 0.222 e. The average Bonchev–Trinajstić information content (AvgIpc) is 2.60. The normalized spacial score (nSPS) is 22.0. The first-order chi connectivity index (χ1) is 11.4. The lowest BCUT2D eigenvalue weighted by Crippen LogP contribution is -2.52. The van der Waals surface area contributed by atoms with Crippen LogP contribution in [0.1, 0.15) is 38.2 Å². The number of piperidine rings is 2. The molecule has 2 fully saturated rings. The van der Waals surface area contributed by atoms with Gasteiger partial charge in [0, 0.05) is 45.0 Å². The molecule has 0 N–H and O–H groups in total. The van der Waals surface area contributed by atoms with Crippen molar-refractivity contribution in [2.75, 3.05) is 25.4 Å². The second kappa shape index (κ2) is 6.80. The Morgan fingerprint density at radius 3 is 2.62 bits per heavy atom. The van der Waals surface area contributed by atoms with Crippen LogP contribution in [0, 0.1) is 5.41 Å². The largest absolute Gasteiger partial charge is 0.338 e. The maximum atomic E-state index is 12.3. The maximum absolute atomic E-state index is 12.3. The first kappa shape index (κ1) is 17.4. The highest BCUT2D eigenvalue weighted by atomic mass is 32.2. The van der Waals surface area contributed by atoms with E-state index in [9.17, 15) is 13.2 Å². The maximum Gasteiger partial charge on any atom is 0.222 e. The van der Waals surface area contributed by atoms with Gasteiger partial charge < -0.3 is 4.90 Å². The van der Waals surface area contributed by atoms with Gasteiger partial charge in [-0.3, -0.25) is 9.78 Å². The van der Waals surface area contributed by atoms with E-state index < -0.39 is 10.0 Å². The molecule has 2 saturated heterocycles. The minimum atomic E-state index is -3.10. The fourth-order valence-electron chi connectivity index (χ4n) is 3.79. The lowest BCUT2D eigenvalue weighted by molar-refractivity contribution is -0.139. The zero-order valence-electron chi connectivity index (χ0n) is 14.1. The Hall–Kier alpha value is -1.47. The SMILES string of the molecule is CCS(=O)(=O)N1CCC2(CCC(=O)N(Cc3cccnc3)C2)CC1. The van der Waals surface area contributed by atoms with Crippen LogP contribution in [0.15, 0.2) is 24.5 Å². The van der Waals surface area contributed by atoms with E-state index in [4.69, 9.17) is 0 Å². The van der Waals surface area contributed by atoms with Crippen LogP contribution < -0.4 is 0 Å². The van der Waals surface area contributed by atoms with E-state index in [1.165, 1.54) is 0 Å². The molecule has 0 aromatic carbocycles. The molecule has 2 aliphatic heterocycles. The number of carbonyl (C=O) groups is 1. The molecule has 24 heavy (non-hydrogen) atoms. The van der Waals surface area contributed by atoms with Crippen molar-refractivity contribution < 1.29 is 13.2 Å². The van der Waals surface area contributed by atoms with Gasteiger partial charge in [-0.25, -0.2) is 12.7 Å². The summed E-state index contributed by atoms with van der Waals surface area (Å²) in [6, 6.07) is 3.87. The van der Waals surface area contributed by atoms with Crippen LogP contribution >= 0.6 is 0 Å². The molecule has 1 spiro atoms.